The normalized spacial score (nSPS) is 10.3. The molecule has 0 amide bonds. The van der Waals surface area contributed by atoms with Gasteiger partial charge in [-0.1, -0.05) is 53.6 Å². The molecular formula is C34H24Ir2N4-2. The zero-order valence-corrected chi connectivity index (χ0v) is 26.6. The van der Waals surface area contributed by atoms with E-state index in [1.807, 2.05) is 68.4 Å². The van der Waals surface area contributed by atoms with Gasteiger partial charge in [0.15, 0.2) is 5.82 Å². The van der Waals surface area contributed by atoms with Gasteiger partial charge in [0.1, 0.15) is 0 Å². The molecule has 0 aliphatic heterocycles. The molecule has 0 unspecified atom stereocenters. The first kappa shape index (κ1) is 29.3. The van der Waals surface area contributed by atoms with E-state index in [4.69, 9.17) is 9.97 Å². The minimum absolute atomic E-state index is 0. The Hall–Kier alpha value is -3.66. The largest absolute Gasteiger partial charge is 0.305 e. The quantitative estimate of drug-likeness (QED) is 0.166. The Bertz CT molecular complexity index is 1580. The zero-order valence-electron chi connectivity index (χ0n) is 21.8. The van der Waals surface area contributed by atoms with Crippen molar-refractivity contribution in [1.82, 2.24) is 19.9 Å². The topological polar surface area (TPSA) is 51.6 Å². The van der Waals surface area contributed by atoms with Gasteiger partial charge in [-0.25, -0.2) is 9.97 Å². The molecule has 0 saturated carbocycles. The zero-order chi connectivity index (χ0) is 25.9. The van der Waals surface area contributed by atoms with E-state index in [1.165, 1.54) is 0 Å². The van der Waals surface area contributed by atoms with Crippen LogP contribution in [0.1, 0.15) is 11.4 Å². The van der Waals surface area contributed by atoms with Crippen molar-refractivity contribution in [2.45, 2.75) is 13.8 Å². The number of benzene rings is 3. The van der Waals surface area contributed by atoms with Crippen LogP contribution in [-0.4, -0.2) is 19.9 Å². The predicted molar refractivity (Wildman–Crippen MR) is 152 cm³/mol. The van der Waals surface area contributed by atoms with Crippen LogP contribution in [0.15, 0.2) is 109 Å². The summed E-state index contributed by atoms with van der Waals surface area (Å²) in [5, 5.41) is 0. The summed E-state index contributed by atoms with van der Waals surface area (Å²) < 4.78 is 0. The van der Waals surface area contributed by atoms with E-state index in [0.717, 1.165) is 61.7 Å². The van der Waals surface area contributed by atoms with E-state index in [0.29, 0.717) is 5.82 Å². The molecule has 2 radical (unpaired) electrons. The van der Waals surface area contributed by atoms with E-state index in [2.05, 4.69) is 64.6 Å². The number of rotatable bonds is 5. The fourth-order valence-corrected chi connectivity index (χ4v) is 4.66. The molecule has 3 aromatic carbocycles. The van der Waals surface area contributed by atoms with E-state index in [9.17, 15) is 0 Å². The van der Waals surface area contributed by atoms with Crippen molar-refractivity contribution in [2.75, 3.05) is 0 Å². The maximum Gasteiger partial charge on any atom is 0.159 e. The summed E-state index contributed by atoms with van der Waals surface area (Å²) in [4.78, 5) is 18.6. The molecule has 0 atom stereocenters. The molecule has 6 aromatic rings. The molecule has 40 heavy (non-hydrogen) atoms. The van der Waals surface area contributed by atoms with Crippen LogP contribution < -0.4 is 0 Å². The van der Waals surface area contributed by atoms with Gasteiger partial charge in [-0.3, -0.25) is 0 Å². The van der Waals surface area contributed by atoms with E-state index < -0.39 is 0 Å². The summed E-state index contributed by atoms with van der Waals surface area (Å²) in [6.07, 6.45) is 3.60. The molecule has 3 aromatic heterocycles. The number of aromatic nitrogens is 4. The van der Waals surface area contributed by atoms with Crippen molar-refractivity contribution in [1.29, 1.82) is 0 Å². The van der Waals surface area contributed by atoms with Crippen molar-refractivity contribution >= 4 is 0 Å². The second-order valence-corrected chi connectivity index (χ2v) is 9.11. The van der Waals surface area contributed by atoms with Crippen LogP contribution in [0.5, 0.6) is 0 Å². The molecule has 0 aliphatic carbocycles. The van der Waals surface area contributed by atoms with Crippen LogP contribution in [-0.2, 0) is 40.2 Å². The van der Waals surface area contributed by atoms with Crippen molar-refractivity contribution in [2.24, 2.45) is 0 Å². The standard InChI is InChI=1S/C34H24N4.2Ir/c1-23-22-24(2)38-34(37-23)33-29(25-12-16-27(17-13-25)31-10-3-5-20-35-31)8-7-9-30(33)26-14-18-28(19-15-26)32-11-4-6-21-36-32;;/h3-16,18,20-22H,1-2H3;;/q-2;;. The van der Waals surface area contributed by atoms with Crippen LogP contribution in [0, 0.1) is 26.0 Å². The average molecular weight is 873 g/mol. The summed E-state index contributed by atoms with van der Waals surface area (Å²) >= 11 is 0. The summed E-state index contributed by atoms with van der Waals surface area (Å²) in [6, 6.07) is 39.3. The molecule has 4 nitrogen and oxygen atoms in total. The monoisotopic (exact) mass is 874 g/mol. The summed E-state index contributed by atoms with van der Waals surface area (Å²) in [7, 11) is 0. The minimum atomic E-state index is 0. The van der Waals surface area contributed by atoms with E-state index >= 15 is 0 Å². The SMILES string of the molecule is Cc1cc(C)nc(-c2c(-c3c[c-]c(-c4ccccn4)cc3)cccc2-c2c[c-]c(-c3ccccn3)cc2)n1.[Ir].[Ir]. The smallest absolute Gasteiger partial charge is 0.159 e. The molecule has 200 valence electrons. The van der Waals surface area contributed by atoms with Gasteiger partial charge in [0.25, 0.3) is 0 Å². The Morgan fingerprint density at radius 2 is 1.05 bits per heavy atom. The molecule has 6 rings (SSSR count). The Balaban J connectivity index is 0.00000185. The Morgan fingerprint density at radius 1 is 0.550 bits per heavy atom. The Morgan fingerprint density at radius 3 is 1.45 bits per heavy atom. The van der Waals surface area contributed by atoms with Crippen molar-refractivity contribution < 1.29 is 40.2 Å². The van der Waals surface area contributed by atoms with Gasteiger partial charge in [0.2, 0.25) is 0 Å². The predicted octanol–water partition coefficient (Wildman–Crippen LogP) is 7.81. The summed E-state index contributed by atoms with van der Waals surface area (Å²) in [5.41, 5.74) is 10.7. The molecule has 0 fully saturated rings. The fraction of sp³-hybridized carbons (Fsp3) is 0.0588. The van der Waals surface area contributed by atoms with Crippen LogP contribution in [0.4, 0.5) is 0 Å². The van der Waals surface area contributed by atoms with Crippen molar-refractivity contribution in [3.05, 3.63) is 133 Å². The molecule has 0 saturated heterocycles. The van der Waals surface area contributed by atoms with Gasteiger partial charge >= 0.3 is 0 Å². The van der Waals surface area contributed by atoms with Crippen LogP contribution >= 0.6 is 0 Å². The van der Waals surface area contributed by atoms with Crippen molar-refractivity contribution in [3.63, 3.8) is 0 Å². The summed E-state index contributed by atoms with van der Waals surface area (Å²) in [6.45, 7) is 4.01. The molecule has 3 heterocycles. The molecular weight excluding hydrogens is 849 g/mol. The first-order valence-corrected chi connectivity index (χ1v) is 12.5. The Labute approximate surface area is 261 Å². The fourth-order valence-electron chi connectivity index (χ4n) is 4.66. The third kappa shape index (κ3) is 6.22. The molecule has 0 spiro atoms. The Kier molecular flexibility index (Phi) is 9.62. The third-order valence-electron chi connectivity index (χ3n) is 6.40. The number of hydrogen-bond donors (Lipinski definition) is 0. The number of aryl methyl sites for hydroxylation is 2. The maximum absolute atomic E-state index is 4.86. The van der Waals surface area contributed by atoms with Crippen LogP contribution in [0.3, 0.4) is 0 Å². The second-order valence-electron chi connectivity index (χ2n) is 9.11. The summed E-state index contributed by atoms with van der Waals surface area (Å²) in [5.74, 6) is 0.704. The molecule has 6 heteroatoms. The van der Waals surface area contributed by atoms with Gasteiger partial charge < -0.3 is 9.97 Å². The van der Waals surface area contributed by atoms with Crippen molar-refractivity contribution in [3.8, 4) is 56.2 Å². The molecule has 0 aliphatic rings. The third-order valence-corrected chi connectivity index (χ3v) is 6.40. The molecule has 0 N–H and O–H groups in total. The maximum atomic E-state index is 4.86. The van der Waals surface area contributed by atoms with Gasteiger partial charge in [-0.2, -0.15) is 0 Å². The van der Waals surface area contributed by atoms with Gasteiger partial charge in [-0.05, 0) is 54.6 Å². The van der Waals surface area contributed by atoms with Gasteiger partial charge in [0.05, 0.1) is 0 Å². The number of nitrogens with zero attached hydrogens (tertiary/aromatic N) is 4. The number of pyridine rings is 2. The second kappa shape index (κ2) is 13.1. The first-order chi connectivity index (χ1) is 18.7. The van der Waals surface area contributed by atoms with Gasteiger partial charge in [-0.15, -0.1) is 59.7 Å². The van der Waals surface area contributed by atoms with Crippen LogP contribution in [0.25, 0.3) is 56.2 Å². The van der Waals surface area contributed by atoms with Crippen LogP contribution in [0.2, 0.25) is 0 Å². The number of hydrogen-bond acceptors (Lipinski definition) is 4. The van der Waals surface area contributed by atoms with Gasteiger partial charge in [0, 0.05) is 69.6 Å². The van der Waals surface area contributed by atoms with E-state index in [1.54, 1.807) is 12.4 Å². The first-order valence-electron chi connectivity index (χ1n) is 12.5. The average Bonchev–Trinajstić information content (AvgIpc) is 2.97. The molecule has 0 bridgehead atoms. The van der Waals surface area contributed by atoms with E-state index in [-0.39, 0.29) is 40.2 Å². The minimum Gasteiger partial charge on any atom is -0.305 e.